The third kappa shape index (κ3) is 2.91. The Morgan fingerprint density at radius 2 is 1.78 bits per heavy atom. The SMILES string of the molecule is C[C@@H]1CCCCN1C[C@H]1CCCN(C2CCC2)C1. The highest BCUT2D eigenvalue weighted by Crippen LogP contribution is 2.30. The summed E-state index contributed by atoms with van der Waals surface area (Å²) in [5.41, 5.74) is 0. The maximum Gasteiger partial charge on any atom is 0.00954 e. The van der Waals surface area contributed by atoms with Crippen molar-refractivity contribution in [2.45, 2.75) is 70.4 Å². The third-order valence-corrected chi connectivity index (χ3v) is 5.57. The lowest BCUT2D eigenvalue weighted by Crippen LogP contribution is -2.49. The summed E-state index contributed by atoms with van der Waals surface area (Å²) in [5, 5.41) is 0. The lowest BCUT2D eigenvalue weighted by Gasteiger charge is -2.44. The van der Waals surface area contributed by atoms with Crippen molar-refractivity contribution in [1.82, 2.24) is 9.80 Å². The van der Waals surface area contributed by atoms with E-state index in [9.17, 15) is 0 Å². The molecule has 0 radical (unpaired) electrons. The van der Waals surface area contributed by atoms with Crippen LogP contribution in [-0.2, 0) is 0 Å². The van der Waals surface area contributed by atoms with Gasteiger partial charge in [-0.15, -0.1) is 0 Å². The van der Waals surface area contributed by atoms with Gasteiger partial charge >= 0.3 is 0 Å². The van der Waals surface area contributed by atoms with Gasteiger partial charge in [-0.25, -0.2) is 0 Å². The maximum absolute atomic E-state index is 2.81. The Hall–Kier alpha value is -0.0800. The van der Waals surface area contributed by atoms with E-state index < -0.39 is 0 Å². The van der Waals surface area contributed by atoms with Gasteiger partial charge in [0.2, 0.25) is 0 Å². The lowest BCUT2D eigenvalue weighted by molar-refractivity contribution is 0.0500. The molecule has 0 unspecified atom stereocenters. The van der Waals surface area contributed by atoms with Crippen molar-refractivity contribution >= 4 is 0 Å². The van der Waals surface area contributed by atoms with E-state index in [1.165, 1.54) is 77.5 Å². The van der Waals surface area contributed by atoms with Gasteiger partial charge < -0.3 is 9.80 Å². The third-order valence-electron chi connectivity index (χ3n) is 5.57. The van der Waals surface area contributed by atoms with E-state index in [4.69, 9.17) is 0 Å². The molecule has 3 rings (SSSR count). The Bertz CT molecular complexity index is 262. The van der Waals surface area contributed by atoms with E-state index in [-0.39, 0.29) is 0 Å². The Labute approximate surface area is 113 Å². The van der Waals surface area contributed by atoms with Gasteiger partial charge in [0, 0.05) is 25.2 Å². The molecule has 2 nitrogen and oxygen atoms in total. The molecule has 1 saturated carbocycles. The second kappa shape index (κ2) is 5.92. The summed E-state index contributed by atoms with van der Waals surface area (Å²) in [7, 11) is 0. The van der Waals surface area contributed by atoms with Crippen LogP contribution in [0.2, 0.25) is 0 Å². The average molecular weight is 250 g/mol. The van der Waals surface area contributed by atoms with Crippen LogP contribution in [0, 0.1) is 5.92 Å². The van der Waals surface area contributed by atoms with Gasteiger partial charge in [-0.1, -0.05) is 12.8 Å². The van der Waals surface area contributed by atoms with Crippen LogP contribution in [0.5, 0.6) is 0 Å². The van der Waals surface area contributed by atoms with Crippen molar-refractivity contribution in [3.8, 4) is 0 Å². The normalized spacial score (nSPS) is 36.5. The first-order valence-electron chi connectivity index (χ1n) is 8.31. The van der Waals surface area contributed by atoms with E-state index in [2.05, 4.69) is 16.7 Å². The molecule has 0 aromatic rings. The van der Waals surface area contributed by atoms with Gasteiger partial charge in [0.05, 0.1) is 0 Å². The Morgan fingerprint density at radius 3 is 2.50 bits per heavy atom. The van der Waals surface area contributed by atoms with E-state index in [0.29, 0.717) is 0 Å². The molecule has 0 N–H and O–H groups in total. The molecule has 0 aromatic heterocycles. The van der Waals surface area contributed by atoms with Gasteiger partial charge in [0.1, 0.15) is 0 Å². The quantitative estimate of drug-likeness (QED) is 0.759. The molecule has 0 amide bonds. The Balaban J connectivity index is 1.49. The Kier molecular flexibility index (Phi) is 4.25. The van der Waals surface area contributed by atoms with Gasteiger partial charge in [-0.3, -0.25) is 0 Å². The number of rotatable bonds is 3. The molecule has 2 heterocycles. The molecule has 2 aliphatic heterocycles. The molecule has 1 aliphatic carbocycles. The minimum Gasteiger partial charge on any atom is -0.300 e. The van der Waals surface area contributed by atoms with Crippen LogP contribution in [0.15, 0.2) is 0 Å². The molecule has 3 fully saturated rings. The van der Waals surface area contributed by atoms with Gasteiger partial charge in [-0.2, -0.15) is 0 Å². The monoisotopic (exact) mass is 250 g/mol. The second-order valence-corrected chi connectivity index (χ2v) is 6.93. The topological polar surface area (TPSA) is 6.48 Å². The minimum atomic E-state index is 0.845. The summed E-state index contributed by atoms with van der Waals surface area (Å²) >= 11 is 0. The molecule has 18 heavy (non-hydrogen) atoms. The molecule has 2 saturated heterocycles. The molecular formula is C16H30N2. The maximum atomic E-state index is 2.81. The van der Waals surface area contributed by atoms with Crippen LogP contribution in [0.1, 0.15) is 58.3 Å². The summed E-state index contributed by atoms with van der Waals surface area (Å²) in [5.74, 6) is 0.958. The van der Waals surface area contributed by atoms with Crippen molar-refractivity contribution < 1.29 is 0 Å². The fraction of sp³-hybridized carbons (Fsp3) is 1.00. The van der Waals surface area contributed by atoms with Crippen molar-refractivity contribution in [3.05, 3.63) is 0 Å². The first-order chi connectivity index (χ1) is 8.83. The first-order valence-corrected chi connectivity index (χ1v) is 8.31. The highest BCUT2D eigenvalue weighted by atomic mass is 15.2. The average Bonchev–Trinajstić information content (AvgIpc) is 2.31. The van der Waals surface area contributed by atoms with E-state index in [1.807, 2.05) is 0 Å². The van der Waals surface area contributed by atoms with Crippen LogP contribution >= 0.6 is 0 Å². The van der Waals surface area contributed by atoms with Crippen LogP contribution in [0.3, 0.4) is 0 Å². The zero-order valence-electron chi connectivity index (χ0n) is 12.1. The first kappa shape index (κ1) is 12.9. The number of hydrogen-bond acceptors (Lipinski definition) is 2. The molecule has 3 aliphatic rings. The molecular weight excluding hydrogens is 220 g/mol. The smallest absolute Gasteiger partial charge is 0.00954 e. The second-order valence-electron chi connectivity index (χ2n) is 6.93. The fourth-order valence-corrected chi connectivity index (χ4v) is 4.09. The number of hydrogen-bond donors (Lipinski definition) is 0. The molecule has 0 spiro atoms. The number of piperidine rings is 2. The summed E-state index contributed by atoms with van der Waals surface area (Å²) in [6.07, 6.45) is 11.7. The fourth-order valence-electron chi connectivity index (χ4n) is 4.09. The highest BCUT2D eigenvalue weighted by Gasteiger charge is 2.31. The van der Waals surface area contributed by atoms with Crippen LogP contribution < -0.4 is 0 Å². The summed E-state index contributed by atoms with van der Waals surface area (Å²) in [6, 6.07) is 1.81. The standard InChI is InChI=1S/C16H30N2/c1-14-6-2-3-10-17(14)12-15-7-5-11-18(13-15)16-8-4-9-16/h14-16H,2-13H2,1H3/t14-,15-/m1/s1. The van der Waals surface area contributed by atoms with Crippen molar-refractivity contribution in [2.24, 2.45) is 5.92 Å². The predicted molar refractivity (Wildman–Crippen MR) is 76.8 cm³/mol. The van der Waals surface area contributed by atoms with E-state index in [1.54, 1.807) is 0 Å². The zero-order valence-corrected chi connectivity index (χ0v) is 12.1. The summed E-state index contributed by atoms with van der Waals surface area (Å²) in [4.78, 5) is 5.59. The van der Waals surface area contributed by atoms with Gasteiger partial charge in [-0.05, 0) is 64.5 Å². The molecule has 2 heteroatoms. The predicted octanol–water partition coefficient (Wildman–Crippen LogP) is 3.13. The van der Waals surface area contributed by atoms with Crippen LogP contribution in [0.4, 0.5) is 0 Å². The van der Waals surface area contributed by atoms with Crippen molar-refractivity contribution in [3.63, 3.8) is 0 Å². The lowest BCUT2D eigenvalue weighted by atomic mass is 9.87. The van der Waals surface area contributed by atoms with Crippen molar-refractivity contribution in [1.29, 1.82) is 0 Å². The van der Waals surface area contributed by atoms with Crippen LogP contribution in [0.25, 0.3) is 0 Å². The minimum absolute atomic E-state index is 0.845. The molecule has 2 atom stereocenters. The number of nitrogens with zero attached hydrogens (tertiary/aromatic N) is 2. The van der Waals surface area contributed by atoms with E-state index >= 15 is 0 Å². The summed E-state index contributed by atoms with van der Waals surface area (Å²) in [6.45, 7) is 7.96. The Morgan fingerprint density at radius 1 is 0.889 bits per heavy atom. The largest absolute Gasteiger partial charge is 0.300 e. The highest BCUT2D eigenvalue weighted by molar-refractivity contribution is 4.86. The van der Waals surface area contributed by atoms with Crippen LogP contribution in [-0.4, -0.2) is 48.1 Å². The zero-order chi connectivity index (χ0) is 12.4. The molecule has 0 aromatic carbocycles. The van der Waals surface area contributed by atoms with Gasteiger partial charge in [0.15, 0.2) is 0 Å². The molecule has 104 valence electrons. The molecule has 0 bridgehead atoms. The van der Waals surface area contributed by atoms with Gasteiger partial charge in [0.25, 0.3) is 0 Å². The number of likely N-dealkylation sites (tertiary alicyclic amines) is 2. The van der Waals surface area contributed by atoms with E-state index in [0.717, 1.165) is 18.0 Å². The van der Waals surface area contributed by atoms with Crippen molar-refractivity contribution in [2.75, 3.05) is 26.2 Å². The summed E-state index contributed by atoms with van der Waals surface area (Å²) < 4.78 is 0.